The number of carbonyl (C=O) groups excluding carboxylic acids is 2. The molecule has 1 aliphatic heterocycles. The molecule has 1 unspecified atom stereocenters. The van der Waals surface area contributed by atoms with Gasteiger partial charge in [0, 0.05) is 41.6 Å². The Morgan fingerprint density at radius 1 is 1.02 bits per heavy atom. The van der Waals surface area contributed by atoms with Gasteiger partial charge in [-0.3, -0.25) is 14.6 Å². The maximum absolute atomic E-state index is 13.3. The third kappa shape index (κ3) is 8.46. The van der Waals surface area contributed by atoms with E-state index in [9.17, 15) is 14.9 Å². The van der Waals surface area contributed by atoms with Crippen molar-refractivity contribution in [3.05, 3.63) is 117 Å². The summed E-state index contributed by atoms with van der Waals surface area (Å²) in [6.45, 7) is 10.2. The fraction of sp³-hybridized carbons (Fsp3) is 0.333. The lowest BCUT2D eigenvalue weighted by Gasteiger charge is -2.24. The second-order valence-electron chi connectivity index (χ2n) is 11.9. The number of rotatable bonds is 13. The summed E-state index contributed by atoms with van der Waals surface area (Å²) >= 11 is 6.46. The van der Waals surface area contributed by atoms with Gasteiger partial charge < -0.3 is 24.4 Å². The van der Waals surface area contributed by atoms with Gasteiger partial charge in [0.05, 0.1) is 17.7 Å². The van der Waals surface area contributed by atoms with Crippen LogP contribution in [0.5, 0.6) is 5.75 Å². The van der Waals surface area contributed by atoms with Crippen LogP contribution in [0.15, 0.2) is 73.1 Å². The lowest BCUT2D eigenvalue weighted by Crippen LogP contribution is -2.33. The Labute approximate surface area is 292 Å². The Balaban J connectivity index is 1.44. The predicted molar refractivity (Wildman–Crippen MR) is 188 cm³/mol. The first kappa shape index (κ1) is 35.6. The Kier molecular flexibility index (Phi) is 12.0. The van der Waals surface area contributed by atoms with Crippen LogP contribution < -0.4 is 10.1 Å². The number of nitrogens with one attached hydrogen (secondary N) is 1. The summed E-state index contributed by atoms with van der Waals surface area (Å²) in [5, 5.41) is 12.9. The van der Waals surface area contributed by atoms with E-state index in [1.807, 2.05) is 69.0 Å². The summed E-state index contributed by atoms with van der Waals surface area (Å²) in [4.78, 5) is 32.5. The highest BCUT2D eigenvalue weighted by molar-refractivity contribution is 6.30. The number of esters is 1. The van der Waals surface area contributed by atoms with Gasteiger partial charge in [-0.05, 0) is 105 Å². The fourth-order valence-electron chi connectivity index (χ4n) is 6.02. The summed E-state index contributed by atoms with van der Waals surface area (Å²) in [5.41, 5.74) is 6.99. The Hall–Kier alpha value is -4.75. The van der Waals surface area contributed by atoms with Crippen LogP contribution in [0.1, 0.15) is 76.7 Å². The Morgan fingerprint density at radius 3 is 2.49 bits per heavy atom. The number of aromatic nitrogens is 1. The highest BCUT2D eigenvalue weighted by Crippen LogP contribution is 2.35. The van der Waals surface area contributed by atoms with E-state index in [1.54, 1.807) is 30.5 Å². The molecule has 0 bridgehead atoms. The van der Waals surface area contributed by atoms with Gasteiger partial charge in [-0.2, -0.15) is 5.26 Å². The molecule has 1 N–H and O–H groups in total. The smallest absolute Gasteiger partial charge is 0.325 e. The topological polar surface area (TPSA) is 114 Å². The third-order valence-electron chi connectivity index (χ3n) is 8.85. The highest BCUT2D eigenvalue weighted by Gasteiger charge is 2.29. The van der Waals surface area contributed by atoms with Gasteiger partial charge in [0.1, 0.15) is 24.5 Å². The zero-order valence-electron chi connectivity index (χ0n) is 28.3. The molecule has 1 aliphatic rings. The monoisotopic (exact) mass is 680 g/mol. The van der Waals surface area contributed by atoms with Crippen LogP contribution in [0, 0.1) is 25.2 Å². The van der Waals surface area contributed by atoms with Crippen molar-refractivity contribution in [3.63, 3.8) is 0 Å². The standard InChI is InChI=1S/C39H41ClN4O5/c1-5-44(6-2)37(45)33-13-8-12-32(26(33)4)31-11-7-10-29(25(31)3)24-48-39(49-38(46)35-14-9-17-43-35)34-19-30(40)15-16-36(34)47-23-28-18-27(20-41)21-42-22-28/h7-8,10-13,15-16,18-19,21-22,35,39,43H,5-6,9,14,17,23-24H2,1-4H3/t35-,39?/m0/s1. The number of halogens is 1. The van der Waals surface area contributed by atoms with Crippen molar-refractivity contribution < 1.29 is 23.8 Å². The molecule has 254 valence electrons. The van der Waals surface area contributed by atoms with Crippen LogP contribution in [-0.4, -0.2) is 47.4 Å². The molecule has 2 atom stereocenters. The van der Waals surface area contributed by atoms with E-state index in [0.717, 1.165) is 40.8 Å². The number of carbonyl (C=O) groups is 2. The lowest BCUT2D eigenvalue weighted by molar-refractivity contribution is -0.186. The maximum atomic E-state index is 13.3. The van der Waals surface area contributed by atoms with E-state index in [-0.39, 0.29) is 19.1 Å². The van der Waals surface area contributed by atoms with Gasteiger partial charge in [-0.1, -0.05) is 41.9 Å². The normalized spacial score (nSPS) is 14.6. The van der Waals surface area contributed by atoms with E-state index in [4.69, 9.17) is 25.8 Å². The van der Waals surface area contributed by atoms with Crippen molar-refractivity contribution in [3.8, 4) is 22.9 Å². The van der Waals surface area contributed by atoms with Crippen molar-refractivity contribution in [2.75, 3.05) is 19.6 Å². The quantitative estimate of drug-likeness (QED) is 0.114. The zero-order chi connectivity index (χ0) is 34.9. The molecule has 0 spiro atoms. The summed E-state index contributed by atoms with van der Waals surface area (Å²) in [6, 6.07) is 20.2. The predicted octanol–water partition coefficient (Wildman–Crippen LogP) is 7.46. The molecule has 1 amide bonds. The molecule has 0 radical (unpaired) electrons. The molecular formula is C39H41ClN4O5. The second kappa shape index (κ2) is 16.6. The van der Waals surface area contributed by atoms with E-state index < -0.39 is 18.3 Å². The number of ether oxygens (including phenoxy) is 3. The van der Waals surface area contributed by atoms with Crippen molar-refractivity contribution in [1.29, 1.82) is 5.26 Å². The average Bonchev–Trinajstić information content (AvgIpc) is 3.66. The number of benzene rings is 3. The van der Waals surface area contributed by atoms with Crippen LogP contribution in [0.25, 0.3) is 11.1 Å². The molecule has 1 fully saturated rings. The molecule has 5 rings (SSSR count). The van der Waals surface area contributed by atoms with Crippen molar-refractivity contribution in [2.45, 2.75) is 66.1 Å². The largest absolute Gasteiger partial charge is 0.488 e. The summed E-state index contributed by atoms with van der Waals surface area (Å²) < 4.78 is 18.6. The first-order valence-electron chi connectivity index (χ1n) is 16.5. The molecule has 3 aromatic carbocycles. The number of amides is 1. The molecule has 4 aromatic rings. The minimum absolute atomic E-state index is 0.0106. The highest BCUT2D eigenvalue weighted by atomic mass is 35.5. The van der Waals surface area contributed by atoms with Gasteiger partial charge >= 0.3 is 5.97 Å². The van der Waals surface area contributed by atoms with Gasteiger partial charge in [-0.25, -0.2) is 0 Å². The SMILES string of the molecule is CCN(CC)C(=O)c1cccc(-c2cccc(COC(OC(=O)[C@@H]3CCCN3)c3cc(Cl)ccc3OCc3cncc(C#N)c3)c2C)c1C. The molecule has 9 nitrogen and oxygen atoms in total. The van der Waals surface area contributed by atoms with Crippen molar-refractivity contribution in [2.24, 2.45) is 0 Å². The molecule has 2 heterocycles. The first-order valence-corrected chi connectivity index (χ1v) is 16.9. The Bertz CT molecular complexity index is 1850. The number of hydrogen-bond acceptors (Lipinski definition) is 8. The van der Waals surface area contributed by atoms with E-state index in [1.165, 1.54) is 6.20 Å². The maximum Gasteiger partial charge on any atom is 0.325 e. The summed E-state index contributed by atoms with van der Waals surface area (Å²) in [7, 11) is 0. The fourth-order valence-corrected chi connectivity index (χ4v) is 6.20. The van der Waals surface area contributed by atoms with Gasteiger partial charge in [0.2, 0.25) is 6.29 Å². The number of pyridine rings is 1. The number of nitrogens with zero attached hydrogens (tertiary/aromatic N) is 3. The average molecular weight is 681 g/mol. The van der Waals surface area contributed by atoms with E-state index >= 15 is 0 Å². The van der Waals surface area contributed by atoms with E-state index in [0.29, 0.717) is 52.5 Å². The molecule has 0 saturated carbocycles. The van der Waals surface area contributed by atoms with Crippen LogP contribution in [-0.2, 0) is 27.5 Å². The molecule has 49 heavy (non-hydrogen) atoms. The lowest BCUT2D eigenvalue weighted by atomic mass is 9.91. The summed E-state index contributed by atoms with van der Waals surface area (Å²) in [6.07, 6.45) is 3.52. The van der Waals surface area contributed by atoms with Crippen LogP contribution in [0.2, 0.25) is 5.02 Å². The van der Waals surface area contributed by atoms with Gasteiger partial charge in [-0.15, -0.1) is 0 Å². The number of hydrogen-bond donors (Lipinski definition) is 1. The minimum Gasteiger partial charge on any atom is -0.488 e. The van der Waals surface area contributed by atoms with Gasteiger partial charge in [0.15, 0.2) is 0 Å². The summed E-state index contributed by atoms with van der Waals surface area (Å²) in [5.74, 6) is 0.00586. The first-order chi connectivity index (χ1) is 23.7. The zero-order valence-corrected chi connectivity index (χ0v) is 29.0. The molecule has 1 aromatic heterocycles. The second-order valence-corrected chi connectivity index (χ2v) is 12.4. The molecule has 10 heteroatoms. The van der Waals surface area contributed by atoms with Gasteiger partial charge in [0.25, 0.3) is 5.91 Å². The Morgan fingerprint density at radius 2 is 1.78 bits per heavy atom. The van der Waals surface area contributed by atoms with Crippen LogP contribution in [0.4, 0.5) is 0 Å². The van der Waals surface area contributed by atoms with Crippen molar-refractivity contribution >= 4 is 23.5 Å². The number of nitriles is 1. The van der Waals surface area contributed by atoms with Crippen LogP contribution >= 0.6 is 11.6 Å². The molecule has 1 saturated heterocycles. The minimum atomic E-state index is -1.13. The van der Waals surface area contributed by atoms with Crippen LogP contribution in [0.3, 0.4) is 0 Å². The third-order valence-corrected chi connectivity index (χ3v) is 9.09. The molecular weight excluding hydrogens is 640 g/mol. The van der Waals surface area contributed by atoms with Crippen molar-refractivity contribution in [1.82, 2.24) is 15.2 Å². The molecule has 0 aliphatic carbocycles. The van der Waals surface area contributed by atoms with E-state index in [2.05, 4.69) is 16.4 Å².